The average molecular weight is 302 g/mol. The van der Waals surface area contributed by atoms with Crippen LogP contribution < -0.4 is 11.4 Å². The molecule has 6 heteroatoms. The molecule has 0 aliphatic heterocycles. The van der Waals surface area contributed by atoms with Gasteiger partial charge in [0.25, 0.3) is 0 Å². The second-order valence-corrected chi connectivity index (χ2v) is 5.14. The van der Waals surface area contributed by atoms with Gasteiger partial charge in [-0.3, -0.25) is 4.57 Å². The first-order valence-corrected chi connectivity index (χ1v) is 6.83. The van der Waals surface area contributed by atoms with Crippen LogP contribution in [0.1, 0.15) is 26.2 Å². The van der Waals surface area contributed by atoms with Crippen molar-refractivity contribution >= 4 is 34.1 Å². The van der Waals surface area contributed by atoms with Gasteiger partial charge in [0.05, 0.1) is 15.9 Å². The molecule has 0 saturated carbocycles. The zero-order valence-electron chi connectivity index (χ0n) is 10.4. The third-order valence-electron chi connectivity index (χ3n) is 2.90. The molecule has 1 aromatic heterocycles. The van der Waals surface area contributed by atoms with E-state index in [1.807, 2.05) is 0 Å². The maximum Gasteiger partial charge on any atom is 0.422 e. The molecule has 1 heterocycles. The second kappa shape index (κ2) is 5.80. The molecule has 4 nitrogen and oxygen atoms in total. The molecular formula is C13H13Cl2NO3. The summed E-state index contributed by atoms with van der Waals surface area (Å²) in [6.45, 7) is 2.53. The van der Waals surface area contributed by atoms with E-state index in [1.165, 1.54) is 16.7 Å². The van der Waals surface area contributed by atoms with Gasteiger partial charge < -0.3 is 4.42 Å². The van der Waals surface area contributed by atoms with E-state index >= 15 is 0 Å². The molecule has 0 bridgehead atoms. The Bertz CT molecular complexity index is 718. The quantitative estimate of drug-likeness (QED) is 0.813. The Labute approximate surface area is 119 Å². The lowest BCUT2D eigenvalue weighted by molar-refractivity contribution is 0.410. The number of fused-ring (bicyclic) bond motifs is 1. The van der Waals surface area contributed by atoms with E-state index < -0.39 is 11.4 Å². The first kappa shape index (κ1) is 14.2. The fourth-order valence-electron chi connectivity index (χ4n) is 2.00. The van der Waals surface area contributed by atoms with Crippen molar-refractivity contribution in [2.24, 2.45) is 0 Å². The van der Waals surface area contributed by atoms with Gasteiger partial charge in [0.15, 0.2) is 0 Å². The first-order chi connectivity index (χ1) is 9.04. The van der Waals surface area contributed by atoms with Gasteiger partial charge in [-0.15, -0.1) is 0 Å². The minimum Gasteiger partial charge on any atom is -0.372 e. The molecule has 0 atom stereocenters. The predicted molar refractivity (Wildman–Crippen MR) is 76.3 cm³/mol. The molecule has 0 amide bonds. The van der Waals surface area contributed by atoms with Crippen molar-refractivity contribution in [2.75, 3.05) is 0 Å². The van der Waals surface area contributed by atoms with E-state index in [9.17, 15) is 9.59 Å². The fraction of sp³-hybridized carbons (Fsp3) is 0.385. The Morgan fingerprint density at radius 2 is 1.95 bits per heavy atom. The molecule has 0 N–H and O–H groups in total. The standard InChI is InChI=1S/C13H13Cl2NO3/c1-2-3-4-5-16-11-9(12(17)19-13(16)18)6-8(14)7-10(11)15/h6-7H,2-5H2,1H3. The van der Waals surface area contributed by atoms with Gasteiger partial charge >= 0.3 is 11.4 Å². The number of unbranched alkanes of at least 4 members (excludes halogenated alkanes) is 2. The third-order valence-corrected chi connectivity index (χ3v) is 3.41. The number of hydrogen-bond acceptors (Lipinski definition) is 3. The Balaban J connectivity index is 2.68. The van der Waals surface area contributed by atoms with Gasteiger partial charge in [-0.05, 0) is 18.6 Å². The summed E-state index contributed by atoms with van der Waals surface area (Å²) in [5, 5.41) is 0.848. The number of aryl methyl sites for hydroxylation is 1. The molecule has 0 radical (unpaired) electrons. The van der Waals surface area contributed by atoms with E-state index in [1.54, 1.807) is 0 Å². The topological polar surface area (TPSA) is 52.2 Å². The normalized spacial score (nSPS) is 11.1. The minimum absolute atomic E-state index is 0.230. The number of rotatable bonds is 4. The van der Waals surface area contributed by atoms with Gasteiger partial charge in [-0.1, -0.05) is 43.0 Å². The molecular weight excluding hydrogens is 289 g/mol. The molecule has 102 valence electrons. The number of halogens is 2. The van der Waals surface area contributed by atoms with Crippen molar-refractivity contribution < 1.29 is 4.42 Å². The molecule has 1 aromatic carbocycles. The van der Waals surface area contributed by atoms with Crippen molar-refractivity contribution in [3.05, 3.63) is 43.1 Å². The van der Waals surface area contributed by atoms with E-state index in [2.05, 4.69) is 6.92 Å². The Kier molecular flexibility index (Phi) is 4.32. The molecule has 0 fully saturated rings. The summed E-state index contributed by atoms with van der Waals surface area (Å²) in [6, 6.07) is 2.98. The number of benzene rings is 1. The van der Waals surface area contributed by atoms with Crippen molar-refractivity contribution in [3.8, 4) is 0 Å². The molecule has 0 aliphatic rings. The summed E-state index contributed by atoms with van der Waals surface area (Å²) in [5.41, 5.74) is -0.320. The van der Waals surface area contributed by atoms with Crippen LogP contribution in [0, 0.1) is 0 Å². The van der Waals surface area contributed by atoms with Crippen LogP contribution in [0.4, 0.5) is 0 Å². The second-order valence-electron chi connectivity index (χ2n) is 4.30. The number of hydrogen-bond donors (Lipinski definition) is 0. The SMILES string of the molecule is CCCCCn1c(=O)oc(=O)c2cc(Cl)cc(Cl)c21. The summed E-state index contributed by atoms with van der Waals surface area (Å²) < 4.78 is 6.09. The Morgan fingerprint density at radius 3 is 2.63 bits per heavy atom. The molecule has 0 unspecified atom stereocenters. The van der Waals surface area contributed by atoms with Crippen molar-refractivity contribution in [1.82, 2.24) is 4.57 Å². The molecule has 2 rings (SSSR count). The summed E-state index contributed by atoms with van der Waals surface area (Å²) in [7, 11) is 0. The van der Waals surface area contributed by atoms with E-state index in [0.717, 1.165) is 19.3 Å². The highest BCUT2D eigenvalue weighted by Crippen LogP contribution is 2.25. The van der Waals surface area contributed by atoms with Crippen LogP contribution >= 0.6 is 23.2 Å². The summed E-state index contributed by atoms with van der Waals surface area (Å²) in [6.07, 6.45) is 2.83. The highest BCUT2D eigenvalue weighted by atomic mass is 35.5. The van der Waals surface area contributed by atoms with Crippen LogP contribution in [0.5, 0.6) is 0 Å². The van der Waals surface area contributed by atoms with Crippen LogP contribution in [0.3, 0.4) is 0 Å². The lowest BCUT2D eigenvalue weighted by atomic mass is 10.2. The summed E-state index contributed by atoms with van der Waals surface area (Å²) in [4.78, 5) is 23.5. The predicted octanol–water partition coefficient (Wildman–Crippen LogP) is 3.45. The maximum absolute atomic E-state index is 11.8. The zero-order chi connectivity index (χ0) is 14.0. The number of aromatic nitrogens is 1. The van der Waals surface area contributed by atoms with Crippen molar-refractivity contribution in [2.45, 2.75) is 32.7 Å². The molecule has 0 saturated heterocycles. The van der Waals surface area contributed by atoms with Gasteiger partial charge in [0.2, 0.25) is 0 Å². The van der Waals surface area contributed by atoms with Crippen molar-refractivity contribution in [1.29, 1.82) is 0 Å². The smallest absolute Gasteiger partial charge is 0.372 e. The zero-order valence-corrected chi connectivity index (χ0v) is 11.9. The van der Waals surface area contributed by atoms with Gasteiger partial charge in [-0.2, -0.15) is 0 Å². The summed E-state index contributed by atoms with van der Waals surface area (Å²) in [5.74, 6) is -0.683. The molecule has 2 aromatic rings. The monoisotopic (exact) mass is 301 g/mol. The lowest BCUT2D eigenvalue weighted by Crippen LogP contribution is -2.25. The van der Waals surface area contributed by atoms with E-state index in [-0.39, 0.29) is 10.4 Å². The van der Waals surface area contributed by atoms with Crippen LogP contribution in [-0.2, 0) is 6.54 Å². The van der Waals surface area contributed by atoms with Crippen molar-refractivity contribution in [3.63, 3.8) is 0 Å². The van der Waals surface area contributed by atoms with E-state index in [4.69, 9.17) is 27.6 Å². The first-order valence-electron chi connectivity index (χ1n) is 6.07. The minimum atomic E-state index is -0.712. The van der Waals surface area contributed by atoms with Crippen LogP contribution in [0.15, 0.2) is 26.1 Å². The largest absolute Gasteiger partial charge is 0.422 e. The fourth-order valence-corrected chi connectivity index (χ4v) is 2.60. The van der Waals surface area contributed by atoms with Crippen LogP contribution in [0.2, 0.25) is 10.0 Å². The summed E-state index contributed by atoms with van der Waals surface area (Å²) >= 11 is 12.0. The van der Waals surface area contributed by atoms with Crippen LogP contribution in [0.25, 0.3) is 10.9 Å². The highest BCUT2D eigenvalue weighted by Gasteiger charge is 2.13. The highest BCUT2D eigenvalue weighted by molar-refractivity contribution is 6.38. The third kappa shape index (κ3) is 2.85. The average Bonchev–Trinajstić information content (AvgIpc) is 2.33. The Morgan fingerprint density at radius 1 is 1.21 bits per heavy atom. The Hall–Kier alpha value is -1.26. The molecule has 19 heavy (non-hydrogen) atoms. The van der Waals surface area contributed by atoms with Gasteiger partial charge in [0.1, 0.15) is 0 Å². The number of nitrogens with zero attached hydrogens (tertiary/aromatic N) is 1. The van der Waals surface area contributed by atoms with Crippen LogP contribution in [-0.4, -0.2) is 4.57 Å². The van der Waals surface area contributed by atoms with Gasteiger partial charge in [-0.25, -0.2) is 9.59 Å². The van der Waals surface area contributed by atoms with Gasteiger partial charge in [0, 0.05) is 11.6 Å². The lowest BCUT2D eigenvalue weighted by Gasteiger charge is -2.09. The molecule has 0 spiro atoms. The maximum atomic E-state index is 11.8. The van der Waals surface area contributed by atoms with E-state index in [0.29, 0.717) is 17.1 Å². The molecule has 0 aliphatic carbocycles.